The summed E-state index contributed by atoms with van der Waals surface area (Å²) in [5.74, 6) is 0.774. The Labute approximate surface area is 159 Å². The highest BCUT2D eigenvalue weighted by molar-refractivity contribution is 5.94. The van der Waals surface area contributed by atoms with Gasteiger partial charge in [0.05, 0.1) is 0 Å². The zero-order valence-electron chi connectivity index (χ0n) is 13.9. The van der Waals surface area contributed by atoms with Crippen molar-refractivity contribution >= 4 is 30.7 Å². The summed E-state index contributed by atoms with van der Waals surface area (Å²) in [5.41, 5.74) is 1.11. The molecule has 6 nitrogen and oxygen atoms in total. The van der Waals surface area contributed by atoms with Crippen LogP contribution in [0.3, 0.4) is 0 Å². The fourth-order valence-corrected chi connectivity index (χ4v) is 3.67. The quantitative estimate of drug-likeness (QED) is 0.864. The average Bonchev–Trinajstić information content (AvgIpc) is 3.28. The SMILES string of the molecule is Cl.Cl.O=C(c1ccnc(-n2cccn2)c1)N1CCC2(CCNC2)CC1. The lowest BCUT2D eigenvalue weighted by molar-refractivity contribution is 0.0607. The van der Waals surface area contributed by atoms with Gasteiger partial charge in [0, 0.05) is 43.8 Å². The molecule has 0 aromatic carbocycles. The van der Waals surface area contributed by atoms with E-state index in [1.807, 2.05) is 23.2 Å². The molecule has 2 aliphatic rings. The van der Waals surface area contributed by atoms with Crippen LogP contribution >= 0.6 is 24.8 Å². The molecule has 2 aromatic rings. The van der Waals surface area contributed by atoms with Crippen molar-refractivity contribution in [1.82, 2.24) is 25.0 Å². The monoisotopic (exact) mass is 383 g/mol. The summed E-state index contributed by atoms with van der Waals surface area (Å²) in [5, 5.41) is 7.63. The first-order chi connectivity index (χ1) is 11.3. The molecule has 0 radical (unpaired) electrons. The van der Waals surface area contributed by atoms with Crippen LogP contribution < -0.4 is 5.32 Å². The van der Waals surface area contributed by atoms with Crippen molar-refractivity contribution in [1.29, 1.82) is 0 Å². The number of nitrogens with zero attached hydrogens (tertiary/aromatic N) is 4. The normalized spacial score (nSPS) is 18.5. The molecule has 2 aliphatic heterocycles. The predicted octanol–water partition coefficient (Wildman–Crippen LogP) is 2.33. The third-order valence-corrected chi connectivity index (χ3v) is 5.18. The minimum atomic E-state index is 0. The van der Waals surface area contributed by atoms with Crippen LogP contribution in [0.15, 0.2) is 36.8 Å². The summed E-state index contributed by atoms with van der Waals surface area (Å²) in [7, 11) is 0. The van der Waals surface area contributed by atoms with Crippen LogP contribution in [0, 0.1) is 5.41 Å². The molecule has 0 aliphatic carbocycles. The maximum atomic E-state index is 12.8. The molecule has 136 valence electrons. The number of aromatic nitrogens is 3. The Morgan fingerprint density at radius 3 is 2.60 bits per heavy atom. The molecular formula is C17H23Cl2N5O. The molecular weight excluding hydrogens is 361 g/mol. The molecule has 2 aromatic heterocycles. The van der Waals surface area contributed by atoms with Crippen LogP contribution in [0.4, 0.5) is 0 Å². The van der Waals surface area contributed by atoms with E-state index in [1.54, 1.807) is 23.1 Å². The first-order valence-corrected chi connectivity index (χ1v) is 8.22. The van der Waals surface area contributed by atoms with Gasteiger partial charge in [0.2, 0.25) is 0 Å². The zero-order valence-corrected chi connectivity index (χ0v) is 15.6. The Bertz CT molecular complexity index is 691. The molecule has 0 unspecified atom stereocenters. The van der Waals surface area contributed by atoms with E-state index < -0.39 is 0 Å². The van der Waals surface area contributed by atoms with Crippen molar-refractivity contribution in [2.75, 3.05) is 26.2 Å². The van der Waals surface area contributed by atoms with E-state index in [0.717, 1.165) is 39.0 Å². The van der Waals surface area contributed by atoms with Crippen molar-refractivity contribution in [2.24, 2.45) is 5.41 Å². The molecule has 2 saturated heterocycles. The molecule has 0 atom stereocenters. The number of likely N-dealkylation sites (tertiary alicyclic amines) is 1. The van der Waals surface area contributed by atoms with Crippen molar-refractivity contribution in [3.8, 4) is 5.82 Å². The van der Waals surface area contributed by atoms with E-state index in [1.165, 1.54) is 6.42 Å². The maximum absolute atomic E-state index is 12.8. The van der Waals surface area contributed by atoms with Gasteiger partial charge in [-0.2, -0.15) is 5.10 Å². The van der Waals surface area contributed by atoms with Gasteiger partial charge in [-0.1, -0.05) is 0 Å². The van der Waals surface area contributed by atoms with Gasteiger partial charge in [-0.05, 0) is 49.4 Å². The molecule has 1 N–H and O–H groups in total. The van der Waals surface area contributed by atoms with Crippen molar-refractivity contribution in [3.63, 3.8) is 0 Å². The van der Waals surface area contributed by atoms with Crippen LogP contribution in [0.1, 0.15) is 29.6 Å². The number of nitrogens with one attached hydrogen (secondary N) is 1. The van der Waals surface area contributed by atoms with Crippen molar-refractivity contribution in [3.05, 3.63) is 42.4 Å². The number of hydrogen-bond donors (Lipinski definition) is 1. The van der Waals surface area contributed by atoms with Gasteiger partial charge in [-0.25, -0.2) is 9.67 Å². The molecule has 4 rings (SSSR count). The summed E-state index contributed by atoms with van der Waals surface area (Å²) in [6.07, 6.45) is 8.65. The summed E-state index contributed by atoms with van der Waals surface area (Å²) in [6.45, 7) is 3.92. The molecule has 0 bridgehead atoms. The smallest absolute Gasteiger partial charge is 0.254 e. The van der Waals surface area contributed by atoms with E-state index in [4.69, 9.17) is 0 Å². The second-order valence-electron chi connectivity index (χ2n) is 6.57. The second-order valence-corrected chi connectivity index (χ2v) is 6.57. The van der Waals surface area contributed by atoms with Crippen LogP contribution in [-0.4, -0.2) is 51.8 Å². The molecule has 2 fully saturated rings. The predicted molar refractivity (Wildman–Crippen MR) is 101 cm³/mol. The minimum absolute atomic E-state index is 0. The minimum Gasteiger partial charge on any atom is -0.339 e. The first kappa shape index (κ1) is 19.7. The van der Waals surface area contributed by atoms with Gasteiger partial charge in [-0.3, -0.25) is 4.79 Å². The third kappa shape index (κ3) is 3.97. The zero-order chi connectivity index (χ0) is 15.7. The second kappa shape index (κ2) is 8.17. The van der Waals surface area contributed by atoms with Crippen LogP contribution in [0.5, 0.6) is 0 Å². The molecule has 25 heavy (non-hydrogen) atoms. The van der Waals surface area contributed by atoms with E-state index in [-0.39, 0.29) is 30.7 Å². The van der Waals surface area contributed by atoms with Gasteiger partial charge in [0.1, 0.15) is 0 Å². The molecule has 8 heteroatoms. The molecule has 4 heterocycles. The van der Waals surface area contributed by atoms with E-state index >= 15 is 0 Å². The summed E-state index contributed by atoms with van der Waals surface area (Å²) in [6, 6.07) is 5.45. The van der Waals surface area contributed by atoms with Crippen LogP contribution in [0.2, 0.25) is 0 Å². The van der Waals surface area contributed by atoms with E-state index in [0.29, 0.717) is 16.8 Å². The topological polar surface area (TPSA) is 63.1 Å². The molecule has 1 amide bonds. The van der Waals surface area contributed by atoms with E-state index in [9.17, 15) is 4.79 Å². The van der Waals surface area contributed by atoms with Gasteiger partial charge in [0.15, 0.2) is 5.82 Å². The largest absolute Gasteiger partial charge is 0.339 e. The van der Waals surface area contributed by atoms with Gasteiger partial charge >= 0.3 is 0 Å². The van der Waals surface area contributed by atoms with Crippen LogP contribution in [-0.2, 0) is 0 Å². The lowest BCUT2D eigenvalue weighted by atomic mass is 9.78. The fourth-order valence-electron chi connectivity index (χ4n) is 3.67. The van der Waals surface area contributed by atoms with Gasteiger partial charge in [-0.15, -0.1) is 24.8 Å². The lowest BCUT2D eigenvalue weighted by Gasteiger charge is -2.38. The Hall–Kier alpha value is -1.63. The Morgan fingerprint density at radius 1 is 1.16 bits per heavy atom. The van der Waals surface area contributed by atoms with Gasteiger partial charge < -0.3 is 10.2 Å². The number of carbonyl (C=O) groups is 1. The highest BCUT2D eigenvalue weighted by Gasteiger charge is 2.38. The number of hydrogen-bond acceptors (Lipinski definition) is 4. The van der Waals surface area contributed by atoms with Crippen LogP contribution in [0.25, 0.3) is 5.82 Å². The Balaban J connectivity index is 0.00000113. The Morgan fingerprint density at radius 2 is 1.96 bits per heavy atom. The maximum Gasteiger partial charge on any atom is 0.254 e. The van der Waals surface area contributed by atoms with Crippen molar-refractivity contribution in [2.45, 2.75) is 19.3 Å². The number of rotatable bonds is 2. The number of pyridine rings is 1. The highest BCUT2D eigenvalue weighted by Crippen LogP contribution is 2.37. The fraction of sp³-hybridized carbons (Fsp3) is 0.471. The van der Waals surface area contributed by atoms with Gasteiger partial charge in [0.25, 0.3) is 5.91 Å². The summed E-state index contributed by atoms with van der Waals surface area (Å²) in [4.78, 5) is 19.0. The lowest BCUT2D eigenvalue weighted by Crippen LogP contribution is -2.44. The highest BCUT2D eigenvalue weighted by atomic mass is 35.5. The van der Waals surface area contributed by atoms with E-state index in [2.05, 4.69) is 15.4 Å². The molecule has 1 spiro atoms. The number of amides is 1. The average molecular weight is 384 g/mol. The first-order valence-electron chi connectivity index (χ1n) is 8.22. The number of halogens is 2. The molecule has 0 saturated carbocycles. The summed E-state index contributed by atoms with van der Waals surface area (Å²) < 4.78 is 1.67. The summed E-state index contributed by atoms with van der Waals surface area (Å²) >= 11 is 0. The number of piperidine rings is 1. The Kier molecular flexibility index (Phi) is 6.43. The third-order valence-electron chi connectivity index (χ3n) is 5.18. The van der Waals surface area contributed by atoms with Crippen molar-refractivity contribution < 1.29 is 4.79 Å². The standard InChI is InChI=1S/C17H21N5O.2ClH/c23-16(21-10-4-17(5-11-21)3-8-18-13-17)14-2-7-19-15(12-14)22-9-1-6-20-22;;/h1-2,6-7,9,12,18H,3-5,8,10-11,13H2;2*1H. The number of carbonyl (C=O) groups excluding carboxylic acids is 1.